The van der Waals surface area contributed by atoms with Crippen molar-refractivity contribution in [2.75, 3.05) is 18.5 Å². The fraction of sp³-hybridized carbons (Fsp3) is 0.222. The van der Waals surface area contributed by atoms with Gasteiger partial charge in [-0.3, -0.25) is 0 Å². The number of rotatable bonds is 7. The Morgan fingerprint density at radius 3 is 2.61 bits per heavy atom. The Morgan fingerprint density at radius 1 is 1.22 bits per heavy atom. The third-order valence-electron chi connectivity index (χ3n) is 3.01. The number of hydrogen-bond donors (Lipinski definition) is 1. The van der Waals surface area contributed by atoms with Gasteiger partial charge in [0.05, 0.1) is 11.1 Å². The molecule has 0 heterocycles. The first kappa shape index (κ1) is 17.2. The largest absolute Gasteiger partial charge is 0.490 e. The molecule has 0 amide bonds. The zero-order chi connectivity index (χ0) is 16.7. The van der Waals surface area contributed by atoms with Gasteiger partial charge in [-0.15, -0.1) is 6.42 Å². The minimum Gasteiger partial charge on any atom is -0.490 e. The summed E-state index contributed by atoms with van der Waals surface area (Å²) in [5.74, 6) is 3.40. The lowest BCUT2D eigenvalue weighted by atomic mass is 10.2. The second-order valence-corrected chi connectivity index (χ2v) is 5.55. The molecule has 0 fully saturated rings. The van der Waals surface area contributed by atoms with E-state index in [9.17, 15) is 4.39 Å². The van der Waals surface area contributed by atoms with Crippen LogP contribution >= 0.6 is 15.9 Å². The molecule has 0 aliphatic rings. The Balaban J connectivity index is 2.15. The SMILES string of the molecule is C#CCOc1c(Br)cc(CNc2ccc(F)cc2)cc1OCC. The molecule has 0 bridgehead atoms. The standard InChI is InChI=1S/C18H17BrFNO2/c1-3-9-23-18-16(19)10-13(11-17(18)22-4-2)12-21-15-7-5-14(20)6-8-15/h1,5-8,10-11,21H,4,9,12H2,2H3. The summed E-state index contributed by atoms with van der Waals surface area (Å²) >= 11 is 3.48. The van der Waals surface area contributed by atoms with E-state index in [-0.39, 0.29) is 12.4 Å². The van der Waals surface area contributed by atoms with Gasteiger partial charge in [-0.25, -0.2) is 4.39 Å². The van der Waals surface area contributed by atoms with Gasteiger partial charge in [0, 0.05) is 12.2 Å². The summed E-state index contributed by atoms with van der Waals surface area (Å²) in [6.07, 6.45) is 5.24. The second kappa shape index (κ2) is 8.44. The minimum absolute atomic E-state index is 0.172. The molecule has 5 heteroatoms. The number of benzene rings is 2. The van der Waals surface area contributed by atoms with Crippen LogP contribution in [-0.2, 0) is 6.54 Å². The van der Waals surface area contributed by atoms with Crippen molar-refractivity contribution >= 4 is 21.6 Å². The number of ether oxygens (including phenoxy) is 2. The predicted molar refractivity (Wildman–Crippen MR) is 93.4 cm³/mol. The van der Waals surface area contributed by atoms with Crippen LogP contribution in [0.5, 0.6) is 11.5 Å². The fourth-order valence-corrected chi connectivity index (χ4v) is 2.62. The Morgan fingerprint density at radius 2 is 1.96 bits per heavy atom. The molecule has 0 radical (unpaired) electrons. The second-order valence-electron chi connectivity index (χ2n) is 4.69. The first-order chi connectivity index (χ1) is 11.1. The van der Waals surface area contributed by atoms with E-state index in [4.69, 9.17) is 15.9 Å². The number of anilines is 1. The van der Waals surface area contributed by atoms with Gasteiger partial charge in [0.1, 0.15) is 12.4 Å². The minimum atomic E-state index is -0.257. The Kier molecular flexibility index (Phi) is 6.30. The molecule has 1 N–H and O–H groups in total. The van der Waals surface area contributed by atoms with Gasteiger partial charge < -0.3 is 14.8 Å². The van der Waals surface area contributed by atoms with Gasteiger partial charge in [0.15, 0.2) is 11.5 Å². The predicted octanol–water partition coefficient (Wildman–Crippen LogP) is 4.61. The van der Waals surface area contributed by atoms with Crippen molar-refractivity contribution < 1.29 is 13.9 Å². The maximum atomic E-state index is 12.9. The number of halogens is 2. The van der Waals surface area contributed by atoms with Gasteiger partial charge in [-0.1, -0.05) is 5.92 Å². The van der Waals surface area contributed by atoms with Gasteiger partial charge in [-0.2, -0.15) is 0 Å². The van der Waals surface area contributed by atoms with E-state index in [2.05, 4.69) is 27.2 Å². The quantitative estimate of drug-likeness (QED) is 0.714. The molecule has 23 heavy (non-hydrogen) atoms. The topological polar surface area (TPSA) is 30.5 Å². The molecule has 0 atom stereocenters. The van der Waals surface area contributed by atoms with Crippen LogP contribution in [0.15, 0.2) is 40.9 Å². The molecule has 0 aliphatic heterocycles. The molecule has 0 spiro atoms. The number of hydrogen-bond acceptors (Lipinski definition) is 3. The molecule has 2 aromatic rings. The van der Waals surface area contributed by atoms with E-state index >= 15 is 0 Å². The first-order valence-electron chi connectivity index (χ1n) is 7.15. The molecule has 120 valence electrons. The van der Waals surface area contributed by atoms with E-state index < -0.39 is 0 Å². The molecule has 0 saturated carbocycles. The van der Waals surface area contributed by atoms with Gasteiger partial charge in [-0.05, 0) is 64.8 Å². The highest BCUT2D eigenvalue weighted by molar-refractivity contribution is 9.10. The van der Waals surface area contributed by atoms with Crippen LogP contribution < -0.4 is 14.8 Å². The van der Waals surface area contributed by atoms with E-state index in [1.54, 1.807) is 12.1 Å². The van der Waals surface area contributed by atoms with Crippen molar-refractivity contribution in [3.63, 3.8) is 0 Å². The van der Waals surface area contributed by atoms with E-state index in [1.165, 1.54) is 12.1 Å². The summed E-state index contributed by atoms with van der Waals surface area (Å²) in [7, 11) is 0. The summed E-state index contributed by atoms with van der Waals surface area (Å²) in [4.78, 5) is 0. The molecule has 0 aliphatic carbocycles. The summed E-state index contributed by atoms with van der Waals surface area (Å²) in [6.45, 7) is 3.17. The summed E-state index contributed by atoms with van der Waals surface area (Å²) < 4.78 is 24.8. The van der Waals surface area contributed by atoms with Crippen molar-refractivity contribution in [1.82, 2.24) is 0 Å². The smallest absolute Gasteiger partial charge is 0.176 e. The zero-order valence-electron chi connectivity index (χ0n) is 12.7. The third-order valence-corrected chi connectivity index (χ3v) is 3.60. The Labute approximate surface area is 143 Å². The highest BCUT2D eigenvalue weighted by atomic mass is 79.9. The van der Waals surface area contributed by atoms with Crippen LogP contribution in [0, 0.1) is 18.2 Å². The van der Waals surface area contributed by atoms with Crippen molar-refractivity contribution in [3.05, 3.63) is 52.3 Å². The van der Waals surface area contributed by atoms with Crippen LogP contribution in [0.1, 0.15) is 12.5 Å². The van der Waals surface area contributed by atoms with Crippen LogP contribution in [0.25, 0.3) is 0 Å². The molecule has 2 rings (SSSR count). The summed E-state index contributed by atoms with van der Waals surface area (Å²) in [5, 5.41) is 3.23. The molecule has 3 nitrogen and oxygen atoms in total. The molecule has 0 saturated heterocycles. The molecule has 0 unspecified atom stereocenters. The lowest BCUT2D eigenvalue weighted by Crippen LogP contribution is -2.04. The monoisotopic (exact) mass is 377 g/mol. The average Bonchev–Trinajstić information content (AvgIpc) is 2.54. The van der Waals surface area contributed by atoms with Crippen molar-refractivity contribution in [1.29, 1.82) is 0 Å². The van der Waals surface area contributed by atoms with Gasteiger partial charge >= 0.3 is 0 Å². The van der Waals surface area contributed by atoms with Crippen LogP contribution in [0.2, 0.25) is 0 Å². The number of terminal acetylenes is 1. The van der Waals surface area contributed by atoms with E-state index in [0.717, 1.165) is 15.7 Å². The van der Waals surface area contributed by atoms with E-state index in [1.807, 2.05) is 19.1 Å². The first-order valence-corrected chi connectivity index (χ1v) is 7.94. The maximum absolute atomic E-state index is 12.9. The molecular weight excluding hydrogens is 361 g/mol. The van der Waals surface area contributed by atoms with Crippen molar-refractivity contribution in [2.45, 2.75) is 13.5 Å². The highest BCUT2D eigenvalue weighted by Crippen LogP contribution is 2.37. The molecule has 2 aromatic carbocycles. The molecular formula is C18H17BrFNO2. The van der Waals surface area contributed by atoms with Crippen LogP contribution in [0.3, 0.4) is 0 Å². The summed E-state index contributed by atoms with van der Waals surface area (Å²) in [5.41, 5.74) is 1.84. The molecule has 0 aromatic heterocycles. The zero-order valence-corrected chi connectivity index (χ0v) is 14.3. The highest BCUT2D eigenvalue weighted by Gasteiger charge is 2.12. The Bertz CT molecular complexity index is 695. The summed E-state index contributed by atoms with van der Waals surface area (Å²) in [6, 6.07) is 10.1. The van der Waals surface area contributed by atoms with E-state index in [0.29, 0.717) is 24.7 Å². The van der Waals surface area contributed by atoms with Crippen molar-refractivity contribution in [2.24, 2.45) is 0 Å². The number of nitrogens with one attached hydrogen (secondary N) is 1. The average molecular weight is 378 g/mol. The van der Waals surface area contributed by atoms with Gasteiger partial charge in [0.2, 0.25) is 0 Å². The lowest BCUT2D eigenvalue weighted by molar-refractivity contribution is 0.297. The lowest BCUT2D eigenvalue weighted by Gasteiger charge is -2.15. The van der Waals surface area contributed by atoms with Crippen molar-refractivity contribution in [3.8, 4) is 23.8 Å². The van der Waals surface area contributed by atoms with Crippen LogP contribution in [0.4, 0.5) is 10.1 Å². The third kappa shape index (κ3) is 4.90. The van der Waals surface area contributed by atoms with Crippen LogP contribution in [-0.4, -0.2) is 13.2 Å². The fourth-order valence-electron chi connectivity index (χ4n) is 2.01. The normalized spacial score (nSPS) is 10.0. The van der Waals surface area contributed by atoms with Gasteiger partial charge in [0.25, 0.3) is 0 Å². The Hall–Kier alpha value is -2.19. The maximum Gasteiger partial charge on any atom is 0.176 e.